The van der Waals surface area contributed by atoms with Crippen molar-refractivity contribution in [3.63, 3.8) is 0 Å². The minimum atomic E-state index is -0.509. The Kier molecular flexibility index (Phi) is 4.88. The van der Waals surface area contributed by atoms with Crippen LogP contribution < -0.4 is 4.74 Å². The average Bonchev–Trinajstić information content (AvgIpc) is 3.09. The maximum absolute atomic E-state index is 12.2. The van der Waals surface area contributed by atoms with Crippen molar-refractivity contribution >= 4 is 29.2 Å². The highest BCUT2D eigenvalue weighted by molar-refractivity contribution is 6.36. The highest BCUT2D eigenvalue weighted by Gasteiger charge is 2.15. The number of aryl methyl sites for hydroxylation is 1. The fourth-order valence-electron chi connectivity index (χ4n) is 2.36. The molecule has 0 spiro atoms. The van der Waals surface area contributed by atoms with E-state index in [2.05, 4.69) is 10.2 Å². The molecule has 0 radical (unpaired) electrons. The molecule has 0 aliphatic rings. The third kappa shape index (κ3) is 3.45. The predicted molar refractivity (Wildman–Crippen MR) is 94.8 cm³/mol. The van der Waals surface area contributed by atoms with Crippen LogP contribution in [0.2, 0.25) is 10.0 Å². The van der Waals surface area contributed by atoms with Crippen molar-refractivity contribution in [1.82, 2.24) is 10.2 Å². The lowest BCUT2D eigenvalue weighted by molar-refractivity contribution is 0.0727. The number of benzene rings is 2. The number of halogens is 2. The van der Waals surface area contributed by atoms with Gasteiger partial charge in [-0.2, -0.15) is 5.10 Å². The van der Waals surface area contributed by atoms with Crippen molar-refractivity contribution in [2.45, 2.75) is 13.3 Å². The van der Waals surface area contributed by atoms with Gasteiger partial charge in [-0.1, -0.05) is 48.3 Å². The third-order valence-corrected chi connectivity index (χ3v) is 4.15. The van der Waals surface area contributed by atoms with Crippen LogP contribution >= 0.6 is 23.2 Å². The van der Waals surface area contributed by atoms with Crippen LogP contribution in [0.1, 0.15) is 23.0 Å². The van der Waals surface area contributed by atoms with Crippen LogP contribution in [-0.4, -0.2) is 16.2 Å². The molecule has 122 valence electrons. The number of aromatic amines is 1. The van der Waals surface area contributed by atoms with E-state index in [0.717, 1.165) is 23.1 Å². The Morgan fingerprint density at radius 3 is 2.67 bits per heavy atom. The molecule has 1 N–H and O–H groups in total. The summed E-state index contributed by atoms with van der Waals surface area (Å²) in [6.07, 6.45) is 2.30. The van der Waals surface area contributed by atoms with Gasteiger partial charge >= 0.3 is 5.97 Å². The number of aromatic nitrogens is 2. The van der Waals surface area contributed by atoms with E-state index in [1.807, 2.05) is 25.1 Å². The van der Waals surface area contributed by atoms with Crippen molar-refractivity contribution in [1.29, 1.82) is 0 Å². The summed E-state index contributed by atoms with van der Waals surface area (Å²) >= 11 is 12.2. The van der Waals surface area contributed by atoms with Crippen LogP contribution in [0.15, 0.2) is 48.7 Å². The second-order valence-corrected chi connectivity index (χ2v) is 5.99. The van der Waals surface area contributed by atoms with Crippen LogP contribution in [0.5, 0.6) is 5.75 Å². The molecule has 0 atom stereocenters. The first-order valence-electron chi connectivity index (χ1n) is 7.38. The van der Waals surface area contributed by atoms with Crippen molar-refractivity contribution in [2.75, 3.05) is 0 Å². The van der Waals surface area contributed by atoms with E-state index < -0.39 is 5.97 Å². The van der Waals surface area contributed by atoms with Gasteiger partial charge in [0.15, 0.2) is 5.69 Å². The Morgan fingerprint density at radius 1 is 1.17 bits per heavy atom. The monoisotopic (exact) mass is 360 g/mol. The Hall–Kier alpha value is -2.30. The molecule has 24 heavy (non-hydrogen) atoms. The van der Waals surface area contributed by atoms with E-state index in [0.29, 0.717) is 15.8 Å². The summed E-state index contributed by atoms with van der Waals surface area (Å²) in [4.78, 5) is 12.2. The molecule has 0 saturated heterocycles. The minimum absolute atomic E-state index is 0.229. The summed E-state index contributed by atoms with van der Waals surface area (Å²) < 4.78 is 5.52. The van der Waals surface area contributed by atoms with Crippen LogP contribution in [0.4, 0.5) is 0 Å². The second kappa shape index (κ2) is 7.07. The standard InChI is InChI=1S/C18H14Cl2N2O2/c1-2-11-3-4-12(14-6-5-13(19)10-15(14)20)9-17(11)24-18(23)16-7-8-21-22-16/h3-10H,2H2,1H3,(H,21,22). The SMILES string of the molecule is CCc1ccc(-c2ccc(Cl)cc2Cl)cc1OC(=O)c1cc[nH]n1. The molecule has 0 saturated carbocycles. The fraction of sp³-hybridized carbons (Fsp3) is 0.111. The van der Waals surface area contributed by atoms with Gasteiger partial charge in [0.25, 0.3) is 0 Å². The molecule has 2 aromatic carbocycles. The smallest absolute Gasteiger partial charge is 0.364 e. The van der Waals surface area contributed by atoms with E-state index >= 15 is 0 Å². The predicted octanol–water partition coefficient (Wildman–Crippen LogP) is 5.17. The number of nitrogens with zero attached hydrogens (tertiary/aromatic N) is 1. The van der Waals surface area contributed by atoms with Crippen LogP contribution in [0.25, 0.3) is 11.1 Å². The lowest BCUT2D eigenvalue weighted by atomic mass is 10.0. The highest BCUT2D eigenvalue weighted by Crippen LogP contribution is 2.34. The average molecular weight is 361 g/mol. The Morgan fingerprint density at radius 2 is 2.00 bits per heavy atom. The first-order valence-corrected chi connectivity index (χ1v) is 8.14. The largest absolute Gasteiger partial charge is 0.421 e. The Bertz CT molecular complexity index is 877. The number of rotatable bonds is 4. The molecule has 0 aliphatic carbocycles. The molecule has 0 unspecified atom stereocenters. The number of esters is 1. The fourth-order valence-corrected chi connectivity index (χ4v) is 2.88. The molecule has 3 aromatic rings. The van der Waals surface area contributed by atoms with E-state index in [1.54, 1.807) is 30.5 Å². The second-order valence-electron chi connectivity index (χ2n) is 5.15. The zero-order valence-electron chi connectivity index (χ0n) is 12.8. The van der Waals surface area contributed by atoms with Gasteiger partial charge in [-0.15, -0.1) is 0 Å². The maximum Gasteiger partial charge on any atom is 0.364 e. The van der Waals surface area contributed by atoms with Gasteiger partial charge in [0, 0.05) is 21.8 Å². The van der Waals surface area contributed by atoms with Crippen molar-refractivity contribution in [3.05, 3.63) is 70.0 Å². The van der Waals surface area contributed by atoms with Gasteiger partial charge in [0.1, 0.15) is 5.75 Å². The molecular formula is C18H14Cl2N2O2. The molecule has 4 nitrogen and oxygen atoms in total. The highest BCUT2D eigenvalue weighted by atomic mass is 35.5. The third-order valence-electron chi connectivity index (χ3n) is 3.60. The minimum Gasteiger partial charge on any atom is -0.421 e. The summed E-state index contributed by atoms with van der Waals surface area (Å²) in [6.45, 7) is 2.00. The molecular weight excluding hydrogens is 347 g/mol. The van der Waals surface area contributed by atoms with Crippen molar-refractivity contribution in [3.8, 4) is 16.9 Å². The van der Waals surface area contributed by atoms with Crippen molar-refractivity contribution < 1.29 is 9.53 Å². The number of hydrogen-bond donors (Lipinski definition) is 1. The number of nitrogens with one attached hydrogen (secondary N) is 1. The molecule has 6 heteroatoms. The normalized spacial score (nSPS) is 10.6. The van der Waals surface area contributed by atoms with Crippen LogP contribution in [-0.2, 0) is 6.42 Å². The number of ether oxygens (including phenoxy) is 1. The molecule has 1 heterocycles. The van der Waals surface area contributed by atoms with Crippen molar-refractivity contribution in [2.24, 2.45) is 0 Å². The zero-order chi connectivity index (χ0) is 17.1. The van der Waals surface area contributed by atoms with E-state index in [-0.39, 0.29) is 5.69 Å². The lowest BCUT2D eigenvalue weighted by Gasteiger charge is -2.11. The number of hydrogen-bond acceptors (Lipinski definition) is 3. The lowest BCUT2D eigenvalue weighted by Crippen LogP contribution is -2.10. The van der Waals surface area contributed by atoms with Crippen LogP contribution in [0.3, 0.4) is 0 Å². The maximum atomic E-state index is 12.2. The molecule has 0 bridgehead atoms. The zero-order valence-corrected chi connectivity index (χ0v) is 14.4. The van der Waals surface area contributed by atoms with Gasteiger partial charge in [0.2, 0.25) is 0 Å². The van der Waals surface area contributed by atoms with E-state index in [9.17, 15) is 4.79 Å². The summed E-state index contributed by atoms with van der Waals surface area (Å²) in [5.41, 5.74) is 2.82. The number of carbonyl (C=O) groups is 1. The summed E-state index contributed by atoms with van der Waals surface area (Å²) in [7, 11) is 0. The van der Waals surface area contributed by atoms with E-state index in [4.69, 9.17) is 27.9 Å². The summed E-state index contributed by atoms with van der Waals surface area (Å²) in [5.74, 6) is -0.0145. The van der Waals surface area contributed by atoms with Crippen LogP contribution in [0, 0.1) is 0 Å². The van der Waals surface area contributed by atoms with E-state index in [1.165, 1.54) is 0 Å². The van der Waals surface area contributed by atoms with Gasteiger partial charge in [-0.25, -0.2) is 4.79 Å². The molecule has 1 aromatic heterocycles. The van der Waals surface area contributed by atoms with Gasteiger partial charge in [-0.05, 0) is 41.8 Å². The first kappa shape index (κ1) is 16.6. The van der Waals surface area contributed by atoms with Gasteiger partial charge in [-0.3, -0.25) is 5.10 Å². The quantitative estimate of drug-likeness (QED) is 0.516. The first-order chi connectivity index (χ1) is 11.6. The molecule has 3 rings (SSSR count). The van der Waals surface area contributed by atoms with Gasteiger partial charge < -0.3 is 4.74 Å². The Labute approximate surface area is 149 Å². The summed E-state index contributed by atoms with van der Waals surface area (Å²) in [5, 5.41) is 7.54. The number of carbonyl (C=O) groups excluding carboxylic acids is 1. The Balaban J connectivity index is 1.97. The molecule has 0 amide bonds. The topological polar surface area (TPSA) is 55.0 Å². The molecule has 0 aliphatic heterocycles. The molecule has 0 fully saturated rings. The summed E-state index contributed by atoms with van der Waals surface area (Å²) in [6, 6.07) is 12.5. The van der Waals surface area contributed by atoms with Gasteiger partial charge in [0.05, 0.1) is 0 Å². The number of H-pyrrole nitrogens is 1.